The van der Waals surface area contributed by atoms with Gasteiger partial charge in [0.25, 0.3) is 5.91 Å². The van der Waals surface area contributed by atoms with Crippen LogP contribution in [-0.2, 0) is 11.2 Å². The van der Waals surface area contributed by atoms with Crippen LogP contribution in [0.15, 0.2) is 72.8 Å². The van der Waals surface area contributed by atoms with E-state index in [0.717, 1.165) is 73.7 Å². The molecule has 0 radical (unpaired) electrons. The molecule has 3 heterocycles. The van der Waals surface area contributed by atoms with Gasteiger partial charge in [0.2, 0.25) is 0 Å². The van der Waals surface area contributed by atoms with Gasteiger partial charge in [-0.3, -0.25) is 9.89 Å². The van der Waals surface area contributed by atoms with Crippen molar-refractivity contribution in [3.63, 3.8) is 0 Å². The lowest BCUT2D eigenvalue weighted by Gasteiger charge is -2.34. The minimum absolute atomic E-state index is 0.0984. The molecule has 0 spiro atoms. The van der Waals surface area contributed by atoms with Gasteiger partial charge in [-0.1, -0.05) is 12.1 Å². The lowest BCUT2D eigenvalue weighted by atomic mass is 9.93. The van der Waals surface area contributed by atoms with Gasteiger partial charge < -0.3 is 30.3 Å². The van der Waals surface area contributed by atoms with Crippen LogP contribution in [0.5, 0.6) is 5.75 Å². The van der Waals surface area contributed by atoms with Crippen molar-refractivity contribution in [2.45, 2.75) is 25.3 Å². The molecular weight excluding hydrogens is 614 g/mol. The van der Waals surface area contributed by atoms with Gasteiger partial charge in [0.1, 0.15) is 17.4 Å². The molecular formula is C37H38F2N6O3. The van der Waals surface area contributed by atoms with E-state index in [9.17, 15) is 18.7 Å². The molecule has 4 aromatic carbocycles. The topological polar surface area (TPSA) is 106 Å². The summed E-state index contributed by atoms with van der Waals surface area (Å²) in [5.41, 5.74) is 5.42. The number of aromatic nitrogens is 2. The maximum absolute atomic E-state index is 14.8. The van der Waals surface area contributed by atoms with Crippen molar-refractivity contribution >= 4 is 34.0 Å². The summed E-state index contributed by atoms with van der Waals surface area (Å²) in [6.45, 7) is 5.10. The summed E-state index contributed by atoms with van der Waals surface area (Å²) in [5, 5.41) is 24.6. The summed E-state index contributed by atoms with van der Waals surface area (Å²) in [6, 6.07) is 19.9. The predicted octanol–water partition coefficient (Wildman–Crippen LogP) is 6.40. The third-order valence-corrected chi connectivity index (χ3v) is 9.28. The summed E-state index contributed by atoms with van der Waals surface area (Å²) in [6.07, 6.45) is 1.80. The molecule has 4 N–H and O–H groups in total. The quantitative estimate of drug-likeness (QED) is 0.154. The van der Waals surface area contributed by atoms with Crippen LogP contribution < -0.4 is 15.5 Å². The van der Waals surface area contributed by atoms with Gasteiger partial charge in [-0.05, 0) is 103 Å². The number of nitrogens with one attached hydrogen (secondary N) is 3. The molecule has 1 aromatic heterocycles. The lowest BCUT2D eigenvalue weighted by Crippen LogP contribution is -2.44. The van der Waals surface area contributed by atoms with Gasteiger partial charge in [0.15, 0.2) is 5.82 Å². The number of fused-ring (bicyclic) bond motifs is 1. The minimum atomic E-state index is -0.529. The van der Waals surface area contributed by atoms with Gasteiger partial charge in [-0.2, -0.15) is 5.10 Å². The van der Waals surface area contributed by atoms with Crippen molar-refractivity contribution in [3.05, 3.63) is 101 Å². The SMILES string of the molecule is CN1CCN(c2ccc(C(=O)Nc3n[nH]c4cc(-c5ccc(O)cc5)c(Cc5cc(F)ccc5F)cc34)c(NC3CCOCC3)c2)CC1. The summed E-state index contributed by atoms with van der Waals surface area (Å²) in [7, 11) is 2.12. The summed E-state index contributed by atoms with van der Waals surface area (Å²) < 4.78 is 34.5. The van der Waals surface area contributed by atoms with Gasteiger partial charge in [-0.15, -0.1) is 0 Å². The van der Waals surface area contributed by atoms with Crippen LogP contribution in [-0.4, -0.2) is 78.6 Å². The number of carbonyl (C=O) groups is 1. The van der Waals surface area contributed by atoms with Crippen LogP contribution in [0.3, 0.4) is 0 Å². The molecule has 0 unspecified atom stereocenters. The molecule has 0 atom stereocenters. The number of amides is 1. The van der Waals surface area contributed by atoms with Crippen LogP contribution in [0.1, 0.15) is 34.3 Å². The Labute approximate surface area is 277 Å². The number of phenols is 1. The van der Waals surface area contributed by atoms with E-state index in [-0.39, 0.29) is 29.7 Å². The Hall–Kier alpha value is -5.00. The molecule has 2 fully saturated rings. The number of rotatable bonds is 8. The molecule has 5 aromatic rings. The van der Waals surface area contributed by atoms with Gasteiger partial charge in [0, 0.05) is 68.6 Å². The average Bonchev–Trinajstić information content (AvgIpc) is 3.48. The number of aromatic hydroxyl groups is 1. The molecule has 7 rings (SSSR count). The Kier molecular flexibility index (Phi) is 8.96. The second kappa shape index (κ2) is 13.6. The number of phenolic OH excluding ortho intramolecular Hbond substituents is 1. The second-order valence-corrected chi connectivity index (χ2v) is 12.6. The normalized spacial score (nSPS) is 15.9. The zero-order valence-electron chi connectivity index (χ0n) is 26.7. The first kappa shape index (κ1) is 31.6. The fourth-order valence-electron chi connectivity index (χ4n) is 6.49. The monoisotopic (exact) mass is 652 g/mol. The van der Waals surface area contributed by atoms with Crippen LogP contribution in [0.4, 0.5) is 26.0 Å². The van der Waals surface area contributed by atoms with E-state index in [4.69, 9.17) is 4.74 Å². The number of hydrogen-bond acceptors (Lipinski definition) is 7. The third kappa shape index (κ3) is 6.83. The maximum Gasteiger partial charge on any atom is 0.258 e. The second-order valence-electron chi connectivity index (χ2n) is 12.6. The summed E-state index contributed by atoms with van der Waals surface area (Å²) in [5.74, 6) is -0.917. The van der Waals surface area contributed by atoms with Crippen LogP contribution in [0, 0.1) is 11.6 Å². The number of halogens is 2. The molecule has 2 aliphatic rings. The smallest absolute Gasteiger partial charge is 0.258 e. The molecule has 0 aliphatic carbocycles. The van der Waals surface area contributed by atoms with Crippen molar-refractivity contribution in [3.8, 4) is 16.9 Å². The zero-order chi connectivity index (χ0) is 33.2. The first-order chi connectivity index (χ1) is 23.3. The lowest BCUT2D eigenvalue weighted by molar-refractivity contribution is 0.0904. The Morgan fingerprint density at radius 3 is 2.50 bits per heavy atom. The highest BCUT2D eigenvalue weighted by Gasteiger charge is 2.23. The number of nitrogens with zero attached hydrogens (tertiary/aromatic N) is 3. The number of H-pyrrole nitrogens is 1. The maximum atomic E-state index is 14.8. The molecule has 248 valence electrons. The molecule has 2 aliphatic heterocycles. The number of piperazine rings is 1. The fraction of sp³-hybridized carbons (Fsp3) is 0.297. The van der Waals surface area contributed by atoms with Crippen LogP contribution in [0.25, 0.3) is 22.0 Å². The molecule has 0 saturated carbocycles. The highest BCUT2D eigenvalue weighted by atomic mass is 19.1. The van der Waals surface area contributed by atoms with Gasteiger partial charge >= 0.3 is 0 Å². The van der Waals surface area contributed by atoms with Gasteiger partial charge in [0.05, 0.1) is 11.1 Å². The standard InChI is InChI=1S/C37H38F2N6O3/c1-44-12-14-45(15-13-44)28-5-8-30(34(21-28)40-27-10-16-48-17-11-27)37(47)41-36-32-20-24(18-25-19-26(38)4-9-33(25)39)31(22-35(32)42-43-36)23-2-6-29(46)7-3-23/h2-9,19-22,27,40,46H,10-18H2,1H3,(H2,41,42,43,47). The third-order valence-electron chi connectivity index (χ3n) is 9.28. The number of carbonyl (C=O) groups excluding carboxylic acids is 1. The van der Waals surface area contributed by atoms with E-state index in [0.29, 0.717) is 41.1 Å². The van der Waals surface area contributed by atoms with E-state index in [1.165, 1.54) is 6.07 Å². The first-order valence-electron chi connectivity index (χ1n) is 16.3. The van der Waals surface area contributed by atoms with Crippen LogP contribution in [0.2, 0.25) is 0 Å². The first-order valence-corrected chi connectivity index (χ1v) is 16.3. The summed E-state index contributed by atoms with van der Waals surface area (Å²) >= 11 is 0. The number of hydrogen-bond donors (Lipinski definition) is 4. The average molecular weight is 653 g/mol. The van der Waals surface area contributed by atoms with E-state index in [2.05, 4.69) is 43.7 Å². The zero-order valence-corrected chi connectivity index (χ0v) is 26.7. The van der Waals surface area contributed by atoms with E-state index in [1.54, 1.807) is 24.3 Å². The highest BCUT2D eigenvalue weighted by molar-refractivity contribution is 6.11. The molecule has 2 saturated heterocycles. The number of aromatic amines is 1. The molecule has 9 nitrogen and oxygen atoms in total. The van der Waals surface area contributed by atoms with E-state index in [1.807, 2.05) is 24.3 Å². The van der Waals surface area contributed by atoms with Crippen molar-refractivity contribution in [1.29, 1.82) is 0 Å². The fourth-order valence-corrected chi connectivity index (χ4v) is 6.49. The van der Waals surface area contributed by atoms with Crippen molar-refractivity contribution in [2.24, 2.45) is 0 Å². The predicted molar refractivity (Wildman–Crippen MR) is 184 cm³/mol. The Morgan fingerprint density at radius 2 is 1.73 bits per heavy atom. The molecule has 1 amide bonds. The Bertz CT molecular complexity index is 1930. The van der Waals surface area contributed by atoms with Crippen molar-refractivity contribution in [2.75, 3.05) is 62.0 Å². The van der Waals surface area contributed by atoms with E-state index >= 15 is 0 Å². The number of anilines is 3. The summed E-state index contributed by atoms with van der Waals surface area (Å²) in [4.78, 5) is 18.6. The molecule has 48 heavy (non-hydrogen) atoms. The number of benzene rings is 4. The highest BCUT2D eigenvalue weighted by Crippen LogP contribution is 2.35. The van der Waals surface area contributed by atoms with Crippen molar-refractivity contribution in [1.82, 2.24) is 15.1 Å². The Morgan fingerprint density at radius 1 is 0.958 bits per heavy atom. The molecule has 0 bridgehead atoms. The van der Waals surface area contributed by atoms with E-state index < -0.39 is 11.6 Å². The number of ether oxygens (including phenoxy) is 1. The number of likely N-dealkylation sites (N-methyl/N-ethyl adjacent to an activating group) is 1. The van der Waals surface area contributed by atoms with Gasteiger partial charge in [-0.25, -0.2) is 8.78 Å². The minimum Gasteiger partial charge on any atom is -0.508 e. The largest absolute Gasteiger partial charge is 0.508 e. The van der Waals surface area contributed by atoms with Crippen LogP contribution >= 0.6 is 0 Å². The van der Waals surface area contributed by atoms with Crippen molar-refractivity contribution < 1.29 is 23.4 Å². The molecule has 11 heteroatoms. The Balaban J connectivity index is 1.23.